The summed E-state index contributed by atoms with van der Waals surface area (Å²) in [5.74, 6) is -0.861. The van der Waals surface area contributed by atoms with E-state index in [0.717, 1.165) is 10.9 Å². The van der Waals surface area contributed by atoms with Gasteiger partial charge in [0.15, 0.2) is 0 Å². The van der Waals surface area contributed by atoms with Crippen molar-refractivity contribution in [1.82, 2.24) is 4.57 Å². The third kappa shape index (κ3) is 1.57. The summed E-state index contributed by atoms with van der Waals surface area (Å²) in [7, 11) is 0. The smallest absolute Gasteiger partial charge is 0.329 e. The van der Waals surface area contributed by atoms with Crippen LogP contribution in [0, 0.1) is 0 Å². The Morgan fingerprint density at radius 3 is 2.69 bits per heavy atom. The molecule has 0 aliphatic rings. The van der Waals surface area contributed by atoms with Crippen molar-refractivity contribution in [3.05, 3.63) is 35.5 Å². The molecule has 0 aliphatic carbocycles. The summed E-state index contributed by atoms with van der Waals surface area (Å²) in [5, 5.41) is 10.8. The number of aromatic nitrogens is 1. The number of carboxylic acid groups (broad SMARTS) is 1. The average Bonchev–Trinajstić information content (AvgIpc) is 2.60. The summed E-state index contributed by atoms with van der Waals surface area (Å²) in [4.78, 5) is 11.2. The number of fused-ring (bicyclic) bond motifs is 1. The van der Waals surface area contributed by atoms with Crippen LogP contribution in [0.5, 0.6) is 0 Å². The molecule has 1 aromatic heterocycles. The molecule has 1 N–H and O–H groups in total. The van der Waals surface area contributed by atoms with E-state index in [1.54, 1.807) is 30.7 Å². The number of benzene rings is 1. The van der Waals surface area contributed by atoms with Gasteiger partial charge < -0.3 is 9.67 Å². The van der Waals surface area contributed by atoms with Crippen LogP contribution in [-0.2, 0) is 10.3 Å². The third-order valence-electron chi connectivity index (χ3n) is 2.78. The number of hydrogen-bond donors (Lipinski definition) is 1. The first kappa shape index (κ1) is 11.0. The largest absolute Gasteiger partial charge is 0.480 e. The van der Waals surface area contributed by atoms with E-state index in [9.17, 15) is 9.90 Å². The first-order chi connectivity index (χ1) is 7.43. The van der Waals surface area contributed by atoms with Gasteiger partial charge in [0.2, 0.25) is 0 Å². The van der Waals surface area contributed by atoms with Crippen LogP contribution in [0.25, 0.3) is 10.9 Å². The lowest BCUT2D eigenvalue weighted by Crippen LogP contribution is -2.34. The molecule has 3 nitrogen and oxygen atoms in total. The molecule has 0 bridgehead atoms. The quantitative estimate of drug-likeness (QED) is 0.872. The summed E-state index contributed by atoms with van der Waals surface area (Å²) in [6, 6.07) is 7.29. The minimum absolute atomic E-state index is 0.651. The van der Waals surface area contributed by atoms with E-state index in [1.807, 2.05) is 18.2 Å². The predicted octanol–water partition coefficient (Wildman–Crippen LogP) is 3.11. The van der Waals surface area contributed by atoms with Gasteiger partial charge in [-0.25, -0.2) is 4.79 Å². The Hall–Kier alpha value is -1.48. The normalized spacial score (nSPS) is 11.9. The van der Waals surface area contributed by atoms with Crippen molar-refractivity contribution >= 4 is 28.5 Å². The van der Waals surface area contributed by atoms with Gasteiger partial charge in [0.25, 0.3) is 0 Å². The first-order valence-electron chi connectivity index (χ1n) is 4.93. The lowest BCUT2D eigenvalue weighted by Gasteiger charge is -2.22. The van der Waals surface area contributed by atoms with Crippen molar-refractivity contribution in [2.24, 2.45) is 0 Å². The topological polar surface area (TPSA) is 42.2 Å². The third-order valence-corrected chi connectivity index (χ3v) is 3.01. The fraction of sp³-hybridized carbons (Fsp3) is 0.250. The standard InChI is InChI=1S/C12H12ClNO2/c1-12(2,11(15)16)14-6-5-8-7-9(13)3-4-10(8)14/h3-7H,1-2H3,(H,15,16). The number of aliphatic carboxylic acids is 1. The Labute approximate surface area is 98.3 Å². The second-order valence-corrected chi connectivity index (χ2v) is 4.69. The molecule has 0 saturated carbocycles. The van der Waals surface area contributed by atoms with Gasteiger partial charge in [-0.3, -0.25) is 0 Å². The Morgan fingerprint density at radius 1 is 1.38 bits per heavy atom. The van der Waals surface area contributed by atoms with Crippen molar-refractivity contribution in [1.29, 1.82) is 0 Å². The minimum atomic E-state index is -0.963. The molecule has 0 atom stereocenters. The second-order valence-electron chi connectivity index (χ2n) is 4.25. The van der Waals surface area contributed by atoms with E-state index >= 15 is 0 Å². The second kappa shape index (κ2) is 3.52. The monoisotopic (exact) mass is 237 g/mol. The molecule has 16 heavy (non-hydrogen) atoms. The van der Waals surface area contributed by atoms with E-state index in [0.29, 0.717) is 5.02 Å². The zero-order valence-electron chi connectivity index (χ0n) is 9.07. The van der Waals surface area contributed by atoms with E-state index in [4.69, 9.17) is 11.6 Å². The van der Waals surface area contributed by atoms with Crippen molar-refractivity contribution in [3.63, 3.8) is 0 Å². The Balaban J connectivity index is 2.67. The number of carbonyl (C=O) groups is 1. The zero-order chi connectivity index (χ0) is 11.9. The summed E-state index contributed by atoms with van der Waals surface area (Å²) >= 11 is 5.88. The maximum absolute atomic E-state index is 11.2. The Kier molecular flexibility index (Phi) is 2.43. The number of halogens is 1. The molecule has 0 unspecified atom stereocenters. The van der Waals surface area contributed by atoms with E-state index in [2.05, 4.69) is 0 Å². The molecular formula is C12H12ClNO2. The molecular weight excluding hydrogens is 226 g/mol. The highest BCUT2D eigenvalue weighted by molar-refractivity contribution is 6.31. The highest BCUT2D eigenvalue weighted by Crippen LogP contribution is 2.26. The lowest BCUT2D eigenvalue weighted by molar-refractivity contribution is -0.145. The Bertz CT molecular complexity index is 557. The van der Waals surface area contributed by atoms with Crippen LogP contribution >= 0.6 is 11.6 Å². The Morgan fingerprint density at radius 2 is 2.06 bits per heavy atom. The summed E-state index contributed by atoms with van der Waals surface area (Å²) in [6.07, 6.45) is 1.77. The maximum Gasteiger partial charge on any atom is 0.329 e. The van der Waals surface area contributed by atoms with Gasteiger partial charge in [0.1, 0.15) is 5.54 Å². The van der Waals surface area contributed by atoms with Crippen molar-refractivity contribution in [2.75, 3.05) is 0 Å². The summed E-state index contributed by atoms with van der Waals surface area (Å²) in [6.45, 7) is 3.34. The van der Waals surface area contributed by atoms with Crippen LogP contribution in [0.1, 0.15) is 13.8 Å². The van der Waals surface area contributed by atoms with Gasteiger partial charge >= 0.3 is 5.97 Å². The number of nitrogens with zero attached hydrogens (tertiary/aromatic N) is 1. The van der Waals surface area contributed by atoms with E-state index in [1.165, 1.54) is 0 Å². The van der Waals surface area contributed by atoms with Crippen LogP contribution in [0.4, 0.5) is 0 Å². The minimum Gasteiger partial charge on any atom is -0.480 e. The molecule has 4 heteroatoms. The van der Waals surface area contributed by atoms with Crippen LogP contribution in [0.3, 0.4) is 0 Å². The lowest BCUT2D eigenvalue weighted by atomic mass is 10.1. The van der Waals surface area contributed by atoms with Gasteiger partial charge in [0, 0.05) is 22.1 Å². The molecule has 0 radical (unpaired) electrons. The van der Waals surface area contributed by atoms with Gasteiger partial charge in [-0.2, -0.15) is 0 Å². The highest BCUT2D eigenvalue weighted by Gasteiger charge is 2.29. The van der Waals surface area contributed by atoms with Gasteiger partial charge in [-0.15, -0.1) is 0 Å². The van der Waals surface area contributed by atoms with Crippen LogP contribution in [0.15, 0.2) is 30.5 Å². The van der Waals surface area contributed by atoms with Crippen LogP contribution in [-0.4, -0.2) is 15.6 Å². The predicted molar refractivity (Wildman–Crippen MR) is 63.9 cm³/mol. The first-order valence-corrected chi connectivity index (χ1v) is 5.31. The fourth-order valence-corrected chi connectivity index (χ4v) is 1.88. The van der Waals surface area contributed by atoms with Crippen molar-refractivity contribution < 1.29 is 9.90 Å². The van der Waals surface area contributed by atoms with Gasteiger partial charge in [-0.05, 0) is 38.1 Å². The molecule has 1 aromatic carbocycles. The molecule has 0 saturated heterocycles. The molecule has 0 fully saturated rings. The zero-order valence-corrected chi connectivity index (χ0v) is 9.82. The number of carboxylic acids is 1. The van der Waals surface area contributed by atoms with Crippen LogP contribution < -0.4 is 0 Å². The SMILES string of the molecule is CC(C)(C(=O)O)n1ccc2cc(Cl)ccc21. The average molecular weight is 238 g/mol. The van der Waals surface area contributed by atoms with Crippen molar-refractivity contribution in [3.8, 4) is 0 Å². The van der Waals surface area contributed by atoms with Gasteiger partial charge in [0.05, 0.1) is 0 Å². The van der Waals surface area contributed by atoms with E-state index in [-0.39, 0.29) is 0 Å². The molecule has 2 aromatic rings. The molecule has 0 spiro atoms. The number of hydrogen-bond acceptors (Lipinski definition) is 1. The molecule has 2 rings (SSSR count). The highest BCUT2D eigenvalue weighted by atomic mass is 35.5. The fourth-order valence-electron chi connectivity index (χ4n) is 1.70. The summed E-state index contributed by atoms with van der Waals surface area (Å²) < 4.78 is 1.74. The molecule has 0 aliphatic heterocycles. The maximum atomic E-state index is 11.2. The van der Waals surface area contributed by atoms with E-state index < -0.39 is 11.5 Å². The van der Waals surface area contributed by atoms with Crippen molar-refractivity contribution in [2.45, 2.75) is 19.4 Å². The molecule has 1 heterocycles. The molecule has 0 amide bonds. The van der Waals surface area contributed by atoms with Crippen LogP contribution in [0.2, 0.25) is 5.02 Å². The van der Waals surface area contributed by atoms with Gasteiger partial charge in [-0.1, -0.05) is 11.6 Å². The summed E-state index contributed by atoms with van der Waals surface area (Å²) in [5.41, 5.74) is -0.0907. The molecule has 84 valence electrons. The number of rotatable bonds is 2.